The van der Waals surface area contributed by atoms with Gasteiger partial charge in [0.25, 0.3) is 0 Å². The lowest BCUT2D eigenvalue weighted by Crippen LogP contribution is -2.50. The first kappa shape index (κ1) is 22.1. The molecular weight excluding hydrogens is 425 g/mol. The minimum atomic E-state index is -0.359. The van der Waals surface area contributed by atoms with Gasteiger partial charge in [0.05, 0.1) is 10.8 Å². The summed E-state index contributed by atoms with van der Waals surface area (Å²) in [5, 5.41) is 8.70. The normalized spacial score (nSPS) is 14.9. The Labute approximate surface area is 191 Å². The van der Waals surface area contributed by atoms with Crippen molar-refractivity contribution in [2.45, 2.75) is 23.9 Å². The van der Waals surface area contributed by atoms with Gasteiger partial charge in [-0.25, -0.2) is 4.39 Å². The zero-order valence-corrected chi connectivity index (χ0v) is 18.8. The Balaban J connectivity index is 1.44. The van der Waals surface area contributed by atoms with Crippen LogP contribution in [0.4, 0.5) is 10.1 Å². The van der Waals surface area contributed by atoms with Crippen LogP contribution < -0.4 is 4.90 Å². The molecule has 166 valence electrons. The number of anilines is 1. The highest BCUT2D eigenvalue weighted by molar-refractivity contribution is 8.00. The number of rotatable bonds is 7. The van der Waals surface area contributed by atoms with Gasteiger partial charge in [-0.15, -0.1) is 16.8 Å². The Kier molecular flexibility index (Phi) is 6.90. The Morgan fingerprint density at radius 1 is 1.09 bits per heavy atom. The van der Waals surface area contributed by atoms with E-state index in [1.54, 1.807) is 28.8 Å². The second-order valence-corrected chi connectivity index (χ2v) is 8.90. The molecule has 1 saturated heterocycles. The van der Waals surface area contributed by atoms with Crippen molar-refractivity contribution in [2.75, 3.05) is 31.1 Å². The number of carbonyl (C=O) groups excluding carboxylic acids is 1. The van der Waals surface area contributed by atoms with Crippen LogP contribution in [0.15, 0.2) is 72.4 Å². The summed E-state index contributed by atoms with van der Waals surface area (Å²) in [7, 11) is 0. The van der Waals surface area contributed by atoms with Gasteiger partial charge in [-0.05, 0) is 31.2 Å². The number of aromatic nitrogens is 3. The number of hydrogen-bond donors (Lipinski definition) is 0. The average molecular weight is 452 g/mol. The van der Waals surface area contributed by atoms with Crippen molar-refractivity contribution < 1.29 is 9.18 Å². The number of halogens is 1. The topological polar surface area (TPSA) is 54.3 Å². The third kappa shape index (κ3) is 4.70. The van der Waals surface area contributed by atoms with Gasteiger partial charge in [0, 0.05) is 38.4 Å². The fourth-order valence-electron chi connectivity index (χ4n) is 3.80. The molecule has 0 N–H and O–H groups in total. The Bertz CT molecular complexity index is 1080. The molecule has 3 aromatic rings. The highest BCUT2D eigenvalue weighted by Gasteiger charge is 2.27. The summed E-state index contributed by atoms with van der Waals surface area (Å²) in [6.45, 7) is 9.07. The molecule has 1 atom stereocenters. The Hall–Kier alpha value is -3.13. The number of hydrogen-bond acceptors (Lipinski definition) is 5. The maximum atomic E-state index is 14.3. The van der Waals surface area contributed by atoms with Crippen molar-refractivity contribution in [3.05, 3.63) is 73.1 Å². The second-order valence-electron chi connectivity index (χ2n) is 7.59. The number of thioether (sulfide) groups is 1. The van der Waals surface area contributed by atoms with E-state index in [2.05, 4.69) is 33.8 Å². The van der Waals surface area contributed by atoms with E-state index in [9.17, 15) is 9.18 Å². The minimum absolute atomic E-state index is 0.0725. The van der Waals surface area contributed by atoms with Crippen LogP contribution in [0.5, 0.6) is 0 Å². The van der Waals surface area contributed by atoms with Crippen molar-refractivity contribution in [3.63, 3.8) is 0 Å². The predicted molar refractivity (Wildman–Crippen MR) is 126 cm³/mol. The summed E-state index contributed by atoms with van der Waals surface area (Å²) in [5.41, 5.74) is 1.56. The maximum Gasteiger partial charge on any atom is 0.236 e. The molecule has 0 radical (unpaired) electrons. The fraction of sp³-hybridized carbons (Fsp3) is 0.292. The molecule has 2 aromatic carbocycles. The van der Waals surface area contributed by atoms with Gasteiger partial charge in [0.15, 0.2) is 11.0 Å². The van der Waals surface area contributed by atoms with E-state index in [4.69, 9.17) is 0 Å². The van der Waals surface area contributed by atoms with E-state index in [1.807, 2.05) is 30.0 Å². The molecule has 8 heteroatoms. The van der Waals surface area contributed by atoms with Gasteiger partial charge < -0.3 is 9.80 Å². The molecule has 0 spiro atoms. The van der Waals surface area contributed by atoms with Gasteiger partial charge in [-0.3, -0.25) is 9.36 Å². The number of allylic oxidation sites excluding steroid dienone is 1. The summed E-state index contributed by atoms with van der Waals surface area (Å²) >= 11 is 1.34. The third-order valence-electron chi connectivity index (χ3n) is 5.49. The lowest BCUT2D eigenvalue weighted by atomic mass is 10.2. The number of carbonyl (C=O) groups is 1. The van der Waals surface area contributed by atoms with Crippen LogP contribution in [0.2, 0.25) is 0 Å². The van der Waals surface area contributed by atoms with E-state index in [-0.39, 0.29) is 17.0 Å². The molecule has 1 aromatic heterocycles. The van der Waals surface area contributed by atoms with E-state index < -0.39 is 0 Å². The van der Waals surface area contributed by atoms with Crippen molar-refractivity contribution in [2.24, 2.45) is 0 Å². The largest absolute Gasteiger partial charge is 0.368 e. The molecule has 6 nitrogen and oxygen atoms in total. The molecule has 1 fully saturated rings. The van der Waals surface area contributed by atoms with Gasteiger partial charge >= 0.3 is 0 Å². The van der Waals surface area contributed by atoms with Crippen LogP contribution >= 0.6 is 11.8 Å². The van der Waals surface area contributed by atoms with Crippen LogP contribution in [0, 0.1) is 5.82 Å². The van der Waals surface area contributed by atoms with E-state index >= 15 is 0 Å². The van der Waals surface area contributed by atoms with Crippen LogP contribution in [-0.2, 0) is 11.3 Å². The number of nitrogens with zero attached hydrogens (tertiary/aromatic N) is 5. The molecule has 0 saturated carbocycles. The first-order valence-corrected chi connectivity index (χ1v) is 11.5. The number of amides is 1. The zero-order valence-electron chi connectivity index (χ0n) is 18.0. The van der Waals surface area contributed by atoms with E-state index in [0.717, 1.165) is 13.1 Å². The molecular formula is C24H26FN5OS. The Morgan fingerprint density at radius 2 is 1.78 bits per heavy atom. The monoisotopic (exact) mass is 451 g/mol. The zero-order chi connectivity index (χ0) is 22.5. The lowest BCUT2D eigenvalue weighted by Gasteiger charge is -2.37. The SMILES string of the molecule is C=CCn1c(SC(C)C(=O)N2CCN(c3ccccc3)CC2)nnc1-c1ccccc1F. The highest BCUT2D eigenvalue weighted by Crippen LogP contribution is 2.29. The van der Waals surface area contributed by atoms with E-state index in [0.29, 0.717) is 36.2 Å². The second kappa shape index (κ2) is 9.99. The first-order chi connectivity index (χ1) is 15.6. The number of benzene rings is 2. The standard InChI is InChI=1S/C24H26FN5OS/c1-3-13-30-22(20-11-7-8-12-21(20)25)26-27-24(30)32-18(2)23(31)29-16-14-28(15-17-29)19-9-5-4-6-10-19/h3-12,18H,1,13-17H2,2H3. The van der Waals surface area contributed by atoms with Crippen LogP contribution in [0.25, 0.3) is 11.4 Å². The molecule has 32 heavy (non-hydrogen) atoms. The lowest BCUT2D eigenvalue weighted by molar-refractivity contribution is -0.130. The Morgan fingerprint density at radius 3 is 2.47 bits per heavy atom. The summed E-state index contributed by atoms with van der Waals surface area (Å²) in [5.74, 6) is 0.145. The van der Waals surface area contributed by atoms with Crippen molar-refractivity contribution in [3.8, 4) is 11.4 Å². The van der Waals surface area contributed by atoms with Crippen LogP contribution in [0.3, 0.4) is 0 Å². The summed E-state index contributed by atoms with van der Waals surface area (Å²) < 4.78 is 16.1. The molecule has 1 aliphatic rings. The van der Waals surface area contributed by atoms with Gasteiger partial charge in [0.1, 0.15) is 5.82 Å². The first-order valence-electron chi connectivity index (χ1n) is 10.6. The molecule has 4 rings (SSSR count). The summed E-state index contributed by atoms with van der Waals surface area (Å²) in [6, 6.07) is 16.7. The number of para-hydroxylation sites is 1. The molecule has 1 aliphatic heterocycles. The summed E-state index contributed by atoms with van der Waals surface area (Å²) in [6.07, 6.45) is 1.72. The van der Waals surface area contributed by atoms with Gasteiger partial charge in [0.2, 0.25) is 5.91 Å². The smallest absolute Gasteiger partial charge is 0.236 e. The molecule has 0 aliphatic carbocycles. The molecule has 0 bridgehead atoms. The van der Waals surface area contributed by atoms with Crippen molar-refractivity contribution >= 4 is 23.4 Å². The minimum Gasteiger partial charge on any atom is -0.368 e. The van der Waals surface area contributed by atoms with Crippen LogP contribution in [-0.4, -0.2) is 57.0 Å². The third-order valence-corrected chi connectivity index (χ3v) is 6.55. The fourth-order valence-corrected chi connectivity index (χ4v) is 4.74. The van der Waals surface area contributed by atoms with Crippen molar-refractivity contribution in [1.82, 2.24) is 19.7 Å². The molecule has 2 heterocycles. The molecule has 1 unspecified atom stereocenters. The highest BCUT2D eigenvalue weighted by atomic mass is 32.2. The summed E-state index contributed by atoms with van der Waals surface area (Å²) in [4.78, 5) is 17.3. The average Bonchev–Trinajstić information content (AvgIpc) is 3.21. The quantitative estimate of drug-likeness (QED) is 0.400. The molecule has 1 amide bonds. The van der Waals surface area contributed by atoms with Gasteiger partial charge in [-0.2, -0.15) is 0 Å². The van der Waals surface area contributed by atoms with Crippen LogP contribution in [0.1, 0.15) is 6.92 Å². The maximum absolute atomic E-state index is 14.3. The predicted octanol–water partition coefficient (Wildman–Crippen LogP) is 4.10. The van der Waals surface area contributed by atoms with E-state index in [1.165, 1.54) is 23.5 Å². The number of piperazine rings is 1. The van der Waals surface area contributed by atoms with Crippen molar-refractivity contribution in [1.29, 1.82) is 0 Å². The van der Waals surface area contributed by atoms with Gasteiger partial charge in [-0.1, -0.05) is 48.2 Å².